The Morgan fingerprint density at radius 1 is 1.03 bits per heavy atom. The van der Waals surface area contributed by atoms with Crippen molar-refractivity contribution in [1.82, 2.24) is 5.32 Å². The molecule has 0 fully saturated rings. The molecule has 0 radical (unpaired) electrons. The number of para-hydroxylation sites is 1. The van der Waals surface area contributed by atoms with Crippen LogP contribution in [0.4, 0.5) is 5.69 Å². The Morgan fingerprint density at radius 3 is 2.43 bits per heavy atom. The number of fused-ring (bicyclic) bond motifs is 1. The van der Waals surface area contributed by atoms with Gasteiger partial charge in [-0.1, -0.05) is 18.2 Å². The zero-order valence-corrected chi connectivity index (χ0v) is 18.0. The number of ether oxygens (including phenoxy) is 1. The molecule has 2 amide bonds. The first kappa shape index (κ1) is 21.6. The number of rotatable bonds is 7. The van der Waals surface area contributed by atoms with Crippen molar-refractivity contribution in [2.45, 2.75) is 53.4 Å². The fourth-order valence-electron chi connectivity index (χ4n) is 3.20. The van der Waals surface area contributed by atoms with Crippen LogP contribution in [-0.4, -0.2) is 24.0 Å². The van der Waals surface area contributed by atoms with Crippen molar-refractivity contribution in [2.24, 2.45) is 0 Å². The van der Waals surface area contributed by atoms with Crippen LogP contribution in [0.25, 0.3) is 11.0 Å². The second-order valence-electron chi connectivity index (χ2n) is 7.88. The fraction of sp³-hybridized carbons (Fsp3) is 0.333. The summed E-state index contributed by atoms with van der Waals surface area (Å²) in [5, 5.41) is 6.61. The summed E-state index contributed by atoms with van der Waals surface area (Å²) >= 11 is 0. The highest BCUT2D eigenvalue weighted by atomic mass is 16.5. The predicted octanol–water partition coefficient (Wildman–Crippen LogP) is 5.06. The standard InChI is InChI=1S/C24H28N2O4/c1-14(2)25-23(27)18-11-10-17(12-16(18)5)26-24(28)22-20(13-29-15(3)4)19-8-6-7-9-21(19)30-22/h6-12,14-15H,13H2,1-5H3,(H,25,27)(H,26,28). The Bertz CT molecular complexity index is 1070. The van der Waals surface area contributed by atoms with Gasteiger partial charge in [-0.2, -0.15) is 0 Å². The molecule has 0 spiro atoms. The quantitative estimate of drug-likeness (QED) is 0.573. The number of hydrogen-bond acceptors (Lipinski definition) is 4. The number of amides is 2. The molecular formula is C24H28N2O4. The minimum absolute atomic E-state index is 0.0294. The molecular weight excluding hydrogens is 380 g/mol. The lowest BCUT2D eigenvalue weighted by Gasteiger charge is -2.12. The maximum atomic E-state index is 13.0. The van der Waals surface area contributed by atoms with E-state index in [1.807, 2.05) is 58.9 Å². The zero-order chi connectivity index (χ0) is 21.8. The van der Waals surface area contributed by atoms with Crippen molar-refractivity contribution in [1.29, 1.82) is 0 Å². The molecule has 0 atom stereocenters. The van der Waals surface area contributed by atoms with Crippen molar-refractivity contribution < 1.29 is 18.7 Å². The molecule has 2 aromatic carbocycles. The summed E-state index contributed by atoms with van der Waals surface area (Å²) in [6.07, 6.45) is 0.0294. The number of aryl methyl sites for hydroxylation is 1. The molecule has 3 rings (SSSR count). The lowest BCUT2D eigenvalue weighted by atomic mass is 10.1. The number of benzene rings is 2. The number of furan rings is 1. The second kappa shape index (κ2) is 9.13. The first-order valence-corrected chi connectivity index (χ1v) is 10.1. The van der Waals surface area contributed by atoms with Gasteiger partial charge in [-0.15, -0.1) is 0 Å². The number of nitrogens with one attached hydrogen (secondary N) is 2. The number of anilines is 1. The van der Waals surface area contributed by atoms with Gasteiger partial charge in [0.25, 0.3) is 11.8 Å². The van der Waals surface area contributed by atoms with Gasteiger partial charge >= 0.3 is 0 Å². The Balaban J connectivity index is 1.85. The van der Waals surface area contributed by atoms with E-state index < -0.39 is 0 Å². The maximum Gasteiger partial charge on any atom is 0.291 e. The molecule has 6 heteroatoms. The van der Waals surface area contributed by atoms with E-state index in [1.165, 1.54) is 0 Å². The van der Waals surface area contributed by atoms with Gasteiger partial charge in [-0.3, -0.25) is 9.59 Å². The summed E-state index contributed by atoms with van der Waals surface area (Å²) in [4.78, 5) is 25.3. The zero-order valence-electron chi connectivity index (χ0n) is 18.0. The molecule has 0 saturated heterocycles. The SMILES string of the molecule is Cc1cc(NC(=O)c2oc3ccccc3c2COC(C)C)ccc1C(=O)NC(C)C. The van der Waals surface area contributed by atoms with Gasteiger partial charge < -0.3 is 19.8 Å². The van der Waals surface area contributed by atoms with E-state index in [4.69, 9.17) is 9.15 Å². The third-order valence-electron chi connectivity index (χ3n) is 4.61. The van der Waals surface area contributed by atoms with E-state index in [0.29, 0.717) is 16.8 Å². The molecule has 158 valence electrons. The largest absolute Gasteiger partial charge is 0.451 e. The topological polar surface area (TPSA) is 80.6 Å². The van der Waals surface area contributed by atoms with Crippen LogP contribution >= 0.6 is 0 Å². The summed E-state index contributed by atoms with van der Waals surface area (Å²) in [7, 11) is 0. The first-order chi connectivity index (χ1) is 14.3. The average Bonchev–Trinajstić information content (AvgIpc) is 3.04. The summed E-state index contributed by atoms with van der Waals surface area (Å²) in [5.41, 5.74) is 3.31. The summed E-state index contributed by atoms with van der Waals surface area (Å²) in [6.45, 7) is 9.84. The smallest absolute Gasteiger partial charge is 0.291 e. The van der Waals surface area contributed by atoms with Crippen LogP contribution in [0.5, 0.6) is 0 Å². The molecule has 0 aliphatic rings. The van der Waals surface area contributed by atoms with Gasteiger partial charge in [-0.25, -0.2) is 0 Å². The summed E-state index contributed by atoms with van der Waals surface area (Å²) < 4.78 is 11.6. The predicted molar refractivity (Wildman–Crippen MR) is 118 cm³/mol. The Labute approximate surface area is 176 Å². The Hall–Kier alpha value is -3.12. The Morgan fingerprint density at radius 2 is 1.77 bits per heavy atom. The molecule has 1 heterocycles. The molecule has 0 bridgehead atoms. The normalized spacial score (nSPS) is 11.3. The van der Waals surface area contributed by atoms with Gasteiger partial charge in [0.05, 0.1) is 12.7 Å². The summed E-state index contributed by atoms with van der Waals surface area (Å²) in [6, 6.07) is 12.8. The average molecular weight is 408 g/mol. The van der Waals surface area contributed by atoms with E-state index >= 15 is 0 Å². The molecule has 0 aliphatic carbocycles. The molecule has 0 saturated carbocycles. The molecule has 2 N–H and O–H groups in total. The first-order valence-electron chi connectivity index (χ1n) is 10.1. The van der Waals surface area contributed by atoms with Crippen LogP contribution in [0.3, 0.4) is 0 Å². The maximum absolute atomic E-state index is 13.0. The highest BCUT2D eigenvalue weighted by Gasteiger charge is 2.21. The van der Waals surface area contributed by atoms with E-state index in [1.54, 1.807) is 18.2 Å². The van der Waals surface area contributed by atoms with Crippen molar-refractivity contribution >= 4 is 28.5 Å². The van der Waals surface area contributed by atoms with E-state index in [2.05, 4.69) is 10.6 Å². The van der Waals surface area contributed by atoms with Gasteiger partial charge in [0.1, 0.15) is 5.58 Å². The fourth-order valence-corrected chi connectivity index (χ4v) is 3.20. The van der Waals surface area contributed by atoms with Crippen LogP contribution < -0.4 is 10.6 Å². The Kier molecular flexibility index (Phi) is 6.57. The van der Waals surface area contributed by atoms with Crippen LogP contribution in [0.1, 0.15) is 59.7 Å². The van der Waals surface area contributed by atoms with E-state index in [-0.39, 0.29) is 36.3 Å². The van der Waals surface area contributed by atoms with Crippen LogP contribution in [0, 0.1) is 6.92 Å². The summed E-state index contributed by atoms with van der Waals surface area (Å²) in [5.74, 6) is -0.255. The third kappa shape index (κ3) is 4.89. The monoisotopic (exact) mass is 408 g/mol. The van der Waals surface area contributed by atoms with E-state index in [0.717, 1.165) is 16.5 Å². The molecule has 1 aromatic heterocycles. The number of hydrogen-bond donors (Lipinski definition) is 2. The highest BCUT2D eigenvalue weighted by Crippen LogP contribution is 2.28. The lowest BCUT2D eigenvalue weighted by molar-refractivity contribution is 0.0648. The number of carbonyl (C=O) groups is 2. The van der Waals surface area contributed by atoms with Crippen LogP contribution in [0.15, 0.2) is 46.9 Å². The minimum atomic E-state index is -0.354. The van der Waals surface area contributed by atoms with Crippen LogP contribution in [0.2, 0.25) is 0 Å². The van der Waals surface area contributed by atoms with Gasteiger partial charge in [0.2, 0.25) is 0 Å². The van der Waals surface area contributed by atoms with Crippen molar-refractivity contribution in [2.75, 3.05) is 5.32 Å². The van der Waals surface area contributed by atoms with E-state index in [9.17, 15) is 9.59 Å². The van der Waals surface area contributed by atoms with Gasteiger partial charge in [0, 0.05) is 28.2 Å². The molecule has 3 aromatic rings. The lowest BCUT2D eigenvalue weighted by Crippen LogP contribution is -2.30. The van der Waals surface area contributed by atoms with Crippen molar-refractivity contribution in [3.8, 4) is 0 Å². The minimum Gasteiger partial charge on any atom is -0.451 e. The highest BCUT2D eigenvalue weighted by molar-refractivity contribution is 6.07. The van der Waals surface area contributed by atoms with Gasteiger partial charge in [-0.05, 0) is 64.4 Å². The number of carbonyl (C=O) groups excluding carboxylic acids is 2. The molecule has 30 heavy (non-hydrogen) atoms. The molecule has 6 nitrogen and oxygen atoms in total. The van der Waals surface area contributed by atoms with Crippen molar-refractivity contribution in [3.63, 3.8) is 0 Å². The second-order valence-corrected chi connectivity index (χ2v) is 7.88. The van der Waals surface area contributed by atoms with Crippen LogP contribution in [-0.2, 0) is 11.3 Å². The molecule has 0 unspecified atom stereocenters. The van der Waals surface area contributed by atoms with Gasteiger partial charge in [0.15, 0.2) is 5.76 Å². The molecule has 0 aliphatic heterocycles. The third-order valence-corrected chi connectivity index (χ3v) is 4.61. The van der Waals surface area contributed by atoms with Crippen molar-refractivity contribution in [3.05, 3.63) is 64.9 Å².